The number of benzene rings is 1. The number of hydrogen-bond acceptors (Lipinski definition) is 6. The van der Waals surface area contributed by atoms with Gasteiger partial charge in [0, 0.05) is 11.6 Å². The summed E-state index contributed by atoms with van der Waals surface area (Å²) in [6.07, 6.45) is 1.42. The molecule has 106 valence electrons. The number of nitrogens with zero attached hydrogens (tertiary/aromatic N) is 2. The Morgan fingerprint density at radius 3 is 1.95 bits per heavy atom. The number of nitro benzene ring substituents is 1. The van der Waals surface area contributed by atoms with E-state index in [4.69, 9.17) is 0 Å². The molecule has 0 fully saturated rings. The largest absolute Gasteiger partial charge is 0.274 e. The van der Waals surface area contributed by atoms with Gasteiger partial charge >= 0.3 is 0 Å². The molecule has 0 aliphatic rings. The minimum absolute atomic E-state index is 0.159. The minimum atomic E-state index is -4.11. The Labute approximate surface area is 110 Å². The van der Waals surface area contributed by atoms with E-state index in [1.54, 1.807) is 0 Å². The smallest absolute Gasteiger partial charge is 0.258 e. The van der Waals surface area contributed by atoms with E-state index in [2.05, 4.69) is 0 Å². The molecule has 0 unspecified atom stereocenters. The maximum Gasteiger partial charge on any atom is 0.274 e. The normalized spacial score (nSPS) is 12.2. The number of anilines is 1. The first kappa shape index (κ1) is 15.4. The Kier molecular flexibility index (Phi) is 3.87. The predicted octanol–water partition coefficient (Wildman–Crippen LogP) is 0.629. The van der Waals surface area contributed by atoms with Crippen LogP contribution < -0.4 is 3.71 Å². The van der Waals surface area contributed by atoms with Crippen LogP contribution in [-0.2, 0) is 20.0 Å². The van der Waals surface area contributed by atoms with Gasteiger partial charge in [0.15, 0.2) is 0 Å². The van der Waals surface area contributed by atoms with Crippen LogP contribution in [0.1, 0.15) is 5.56 Å². The molecule has 0 saturated heterocycles. The van der Waals surface area contributed by atoms with Crippen LogP contribution in [0.25, 0.3) is 0 Å². The number of rotatable bonds is 4. The second-order valence-corrected chi connectivity index (χ2v) is 7.84. The van der Waals surface area contributed by atoms with Crippen LogP contribution in [-0.4, -0.2) is 34.3 Å². The zero-order valence-corrected chi connectivity index (χ0v) is 12.0. The summed E-state index contributed by atoms with van der Waals surface area (Å²) < 4.78 is 46.2. The Morgan fingerprint density at radius 2 is 1.58 bits per heavy atom. The molecule has 0 spiro atoms. The number of aryl methyl sites for hydroxylation is 1. The summed E-state index contributed by atoms with van der Waals surface area (Å²) >= 11 is 0. The van der Waals surface area contributed by atoms with Gasteiger partial charge in [0.05, 0.1) is 23.1 Å². The average Bonchev–Trinajstić information content (AvgIpc) is 2.16. The van der Waals surface area contributed by atoms with E-state index >= 15 is 0 Å². The third-order valence-electron chi connectivity index (χ3n) is 2.20. The quantitative estimate of drug-likeness (QED) is 0.595. The van der Waals surface area contributed by atoms with Gasteiger partial charge in [0.1, 0.15) is 0 Å². The number of nitro groups is 1. The average molecular weight is 308 g/mol. The molecule has 0 atom stereocenters. The molecule has 1 aromatic rings. The molecule has 0 amide bonds. The van der Waals surface area contributed by atoms with E-state index in [0.29, 0.717) is 18.1 Å². The highest BCUT2D eigenvalue weighted by Crippen LogP contribution is 2.28. The molecule has 10 heteroatoms. The lowest BCUT2D eigenvalue weighted by atomic mass is 10.2. The van der Waals surface area contributed by atoms with Crippen molar-refractivity contribution in [2.24, 2.45) is 0 Å². The van der Waals surface area contributed by atoms with Crippen molar-refractivity contribution in [3.05, 3.63) is 33.9 Å². The summed E-state index contributed by atoms with van der Waals surface area (Å²) in [5.41, 5.74) is -0.340. The second kappa shape index (κ2) is 4.78. The highest BCUT2D eigenvalue weighted by atomic mass is 32.3. The molecule has 0 bridgehead atoms. The fourth-order valence-electron chi connectivity index (χ4n) is 1.54. The molecule has 0 heterocycles. The van der Waals surface area contributed by atoms with Gasteiger partial charge in [-0.15, -0.1) is 0 Å². The minimum Gasteiger partial charge on any atom is -0.258 e. The first-order valence-corrected chi connectivity index (χ1v) is 8.60. The lowest BCUT2D eigenvalue weighted by Gasteiger charge is -2.19. The van der Waals surface area contributed by atoms with Crippen molar-refractivity contribution in [1.82, 2.24) is 0 Å². The van der Waals surface area contributed by atoms with Crippen molar-refractivity contribution in [2.75, 3.05) is 16.2 Å². The molecule has 8 nitrogen and oxygen atoms in total. The van der Waals surface area contributed by atoms with Crippen molar-refractivity contribution in [3.63, 3.8) is 0 Å². The van der Waals surface area contributed by atoms with Crippen LogP contribution >= 0.6 is 0 Å². The topological polar surface area (TPSA) is 115 Å². The van der Waals surface area contributed by atoms with E-state index in [1.807, 2.05) is 0 Å². The Morgan fingerprint density at radius 1 is 1.11 bits per heavy atom. The van der Waals surface area contributed by atoms with Crippen molar-refractivity contribution >= 4 is 31.4 Å². The van der Waals surface area contributed by atoms with Crippen molar-refractivity contribution < 1.29 is 21.8 Å². The van der Waals surface area contributed by atoms with Crippen molar-refractivity contribution in [1.29, 1.82) is 0 Å². The van der Waals surface area contributed by atoms with E-state index in [1.165, 1.54) is 19.1 Å². The molecule has 1 aromatic carbocycles. The highest BCUT2D eigenvalue weighted by Gasteiger charge is 2.28. The maximum absolute atomic E-state index is 11.5. The maximum atomic E-state index is 11.5. The van der Waals surface area contributed by atoms with E-state index in [0.717, 1.165) is 6.07 Å². The fourth-order valence-corrected chi connectivity index (χ4v) is 4.50. The van der Waals surface area contributed by atoms with Crippen LogP contribution in [0.2, 0.25) is 0 Å². The standard InChI is InChI=1S/C9H12N2O6S2/c1-7-4-5-8(6-9(7)10(12)13)11(18(2,14)15)19(3,16)17/h4-6H,1-3H3. The highest BCUT2D eigenvalue weighted by molar-refractivity contribution is 8.09. The zero-order chi connectivity index (χ0) is 15.0. The lowest BCUT2D eigenvalue weighted by Crippen LogP contribution is -2.35. The van der Waals surface area contributed by atoms with Crippen molar-refractivity contribution in [3.8, 4) is 0 Å². The summed E-state index contributed by atoms with van der Waals surface area (Å²) in [6, 6.07) is 3.40. The van der Waals surface area contributed by atoms with Gasteiger partial charge in [0.2, 0.25) is 20.0 Å². The van der Waals surface area contributed by atoms with Gasteiger partial charge in [-0.1, -0.05) is 6.07 Å². The van der Waals surface area contributed by atoms with Crippen LogP contribution in [0.3, 0.4) is 0 Å². The molecule has 0 aromatic heterocycles. The van der Waals surface area contributed by atoms with Crippen LogP contribution in [0, 0.1) is 17.0 Å². The predicted molar refractivity (Wildman–Crippen MR) is 70.0 cm³/mol. The summed E-state index contributed by atoms with van der Waals surface area (Å²) in [6.45, 7) is 1.47. The van der Waals surface area contributed by atoms with Crippen LogP contribution in [0.4, 0.5) is 11.4 Å². The zero-order valence-electron chi connectivity index (χ0n) is 10.4. The lowest BCUT2D eigenvalue weighted by molar-refractivity contribution is -0.385. The van der Waals surface area contributed by atoms with Crippen molar-refractivity contribution in [2.45, 2.75) is 6.92 Å². The molecule has 0 N–H and O–H groups in total. The SMILES string of the molecule is Cc1ccc(N(S(C)(=O)=O)S(C)(=O)=O)cc1[N+](=O)[O-]. The summed E-state index contributed by atoms with van der Waals surface area (Å²) in [7, 11) is -8.22. The molecule has 0 saturated carbocycles. The molecule has 0 aliphatic carbocycles. The van der Waals surface area contributed by atoms with Gasteiger partial charge in [-0.2, -0.15) is 3.71 Å². The van der Waals surface area contributed by atoms with Gasteiger partial charge < -0.3 is 0 Å². The number of hydrogen-bond donors (Lipinski definition) is 0. The molecule has 1 rings (SSSR count). The Balaban J connectivity index is 3.59. The van der Waals surface area contributed by atoms with Gasteiger partial charge in [0.25, 0.3) is 5.69 Å². The summed E-state index contributed by atoms with van der Waals surface area (Å²) in [4.78, 5) is 10.1. The van der Waals surface area contributed by atoms with Crippen LogP contribution in [0.5, 0.6) is 0 Å². The molecule has 0 radical (unpaired) electrons. The van der Waals surface area contributed by atoms with Crippen LogP contribution in [0.15, 0.2) is 18.2 Å². The third kappa shape index (κ3) is 3.41. The molecular weight excluding hydrogens is 296 g/mol. The summed E-state index contributed by atoms with van der Waals surface area (Å²) in [5, 5.41) is 10.8. The van der Waals surface area contributed by atoms with E-state index in [-0.39, 0.29) is 15.1 Å². The molecule has 0 aliphatic heterocycles. The first-order chi connectivity index (χ1) is 8.44. The van der Waals surface area contributed by atoms with Gasteiger partial charge in [-0.05, 0) is 13.0 Å². The first-order valence-electron chi connectivity index (χ1n) is 4.90. The van der Waals surface area contributed by atoms with E-state index < -0.39 is 25.0 Å². The number of sulfonamides is 2. The fraction of sp³-hybridized carbons (Fsp3) is 0.333. The third-order valence-corrected chi connectivity index (χ3v) is 5.45. The Hall–Kier alpha value is -1.68. The summed E-state index contributed by atoms with van der Waals surface area (Å²) in [5.74, 6) is 0. The molecular formula is C9H12N2O6S2. The van der Waals surface area contributed by atoms with Gasteiger partial charge in [-0.25, -0.2) is 16.8 Å². The monoisotopic (exact) mass is 308 g/mol. The second-order valence-electron chi connectivity index (χ2n) is 3.95. The van der Waals surface area contributed by atoms with E-state index in [9.17, 15) is 26.9 Å². The Bertz CT molecular complexity index is 691. The van der Waals surface area contributed by atoms with Gasteiger partial charge in [-0.3, -0.25) is 10.1 Å². The molecule has 19 heavy (non-hydrogen) atoms.